The Morgan fingerprint density at radius 1 is 1.64 bits per heavy atom. The van der Waals surface area contributed by atoms with Gasteiger partial charge in [0.2, 0.25) is 0 Å². The Bertz CT molecular complexity index is 208. The van der Waals surface area contributed by atoms with Crippen molar-refractivity contribution in [2.24, 2.45) is 0 Å². The lowest BCUT2D eigenvalue weighted by Gasteiger charge is -2.17. The molecule has 5 heteroatoms. The zero-order valence-corrected chi connectivity index (χ0v) is 9.65. The van der Waals surface area contributed by atoms with E-state index in [0.29, 0.717) is 18.4 Å². The largest absolute Gasteiger partial charge is 0.468 e. The fourth-order valence-corrected chi connectivity index (χ4v) is 1.42. The van der Waals surface area contributed by atoms with Crippen LogP contribution >= 0.6 is 12.2 Å². The number of rotatable bonds is 3. The van der Waals surface area contributed by atoms with Crippen molar-refractivity contribution in [1.82, 2.24) is 5.32 Å². The summed E-state index contributed by atoms with van der Waals surface area (Å²) in [4.78, 5) is 0. The van der Waals surface area contributed by atoms with Crippen LogP contribution in [0.3, 0.4) is 0 Å². The van der Waals surface area contributed by atoms with E-state index in [-0.39, 0.29) is 6.10 Å². The van der Waals surface area contributed by atoms with Crippen LogP contribution in [0.5, 0.6) is 0 Å². The number of ether oxygens (including phenoxy) is 3. The highest BCUT2D eigenvalue weighted by atomic mass is 32.1. The van der Waals surface area contributed by atoms with Gasteiger partial charge in [0.15, 0.2) is 5.79 Å². The molecule has 0 aromatic carbocycles. The first kappa shape index (κ1) is 11.7. The van der Waals surface area contributed by atoms with E-state index in [1.807, 2.05) is 20.8 Å². The molecule has 1 N–H and O–H groups in total. The van der Waals surface area contributed by atoms with Gasteiger partial charge in [-0.05, 0) is 33.0 Å². The first-order valence-corrected chi connectivity index (χ1v) is 5.16. The van der Waals surface area contributed by atoms with E-state index in [9.17, 15) is 0 Å². The van der Waals surface area contributed by atoms with E-state index in [1.54, 1.807) is 0 Å². The zero-order chi connectivity index (χ0) is 10.6. The van der Waals surface area contributed by atoms with E-state index in [0.717, 1.165) is 6.54 Å². The average molecular weight is 219 g/mol. The van der Waals surface area contributed by atoms with Gasteiger partial charge >= 0.3 is 0 Å². The Morgan fingerprint density at radius 2 is 2.36 bits per heavy atom. The minimum Gasteiger partial charge on any atom is -0.468 e. The van der Waals surface area contributed by atoms with Crippen molar-refractivity contribution >= 4 is 17.4 Å². The summed E-state index contributed by atoms with van der Waals surface area (Å²) in [6.45, 7) is 7.50. The van der Waals surface area contributed by atoms with Crippen LogP contribution in [-0.2, 0) is 14.2 Å². The maximum Gasteiger partial charge on any atom is 0.256 e. The van der Waals surface area contributed by atoms with E-state index >= 15 is 0 Å². The van der Waals surface area contributed by atoms with Gasteiger partial charge in [0.25, 0.3) is 5.17 Å². The summed E-state index contributed by atoms with van der Waals surface area (Å²) in [6.07, 6.45) is -0.0263. The molecule has 0 aromatic rings. The van der Waals surface area contributed by atoms with Crippen LogP contribution < -0.4 is 5.32 Å². The van der Waals surface area contributed by atoms with Gasteiger partial charge in [0, 0.05) is 6.54 Å². The Kier molecular flexibility index (Phi) is 4.10. The minimum atomic E-state index is -0.492. The standard InChI is InChI=1S/C9H17NO3S/c1-4-10-8(14)11-5-7-6-12-9(2,3)13-7/h7H,4-6H2,1-3H3,(H,10,14)/t7-/m0/s1. The van der Waals surface area contributed by atoms with Crippen molar-refractivity contribution in [1.29, 1.82) is 0 Å². The highest BCUT2D eigenvalue weighted by Crippen LogP contribution is 2.22. The van der Waals surface area contributed by atoms with Gasteiger partial charge in [0.1, 0.15) is 12.7 Å². The Morgan fingerprint density at radius 3 is 2.86 bits per heavy atom. The number of hydrogen-bond acceptors (Lipinski definition) is 4. The van der Waals surface area contributed by atoms with Crippen LogP contribution in [0, 0.1) is 0 Å². The molecule has 1 aliphatic rings. The fourth-order valence-electron chi connectivity index (χ4n) is 1.21. The molecule has 1 fully saturated rings. The van der Waals surface area contributed by atoms with Gasteiger partial charge in [-0.2, -0.15) is 0 Å². The van der Waals surface area contributed by atoms with Crippen LogP contribution in [0.1, 0.15) is 20.8 Å². The monoisotopic (exact) mass is 219 g/mol. The Hall–Kier alpha value is -0.390. The van der Waals surface area contributed by atoms with E-state index in [1.165, 1.54) is 0 Å². The highest BCUT2D eigenvalue weighted by Gasteiger charge is 2.32. The first-order valence-electron chi connectivity index (χ1n) is 4.76. The quantitative estimate of drug-likeness (QED) is 0.718. The van der Waals surface area contributed by atoms with Crippen LogP contribution in [0.2, 0.25) is 0 Å². The van der Waals surface area contributed by atoms with Crippen molar-refractivity contribution in [2.45, 2.75) is 32.7 Å². The normalized spacial score (nSPS) is 24.6. The number of hydrogen-bond donors (Lipinski definition) is 1. The van der Waals surface area contributed by atoms with Gasteiger partial charge < -0.3 is 19.5 Å². The van der Waals surface area contributed by atoms with Crippen LogP contribution in [-0.4, -0.2) is 36.8 Å². The molecule has 0 amide bonds. The predicted molar refractivity (Wildman–Crippen MR) is 57.1 cm³/mol. The van der Waals surface area contributed by atoms with E-state index in [4.69, 9.17) is 26.4 Å². The average Bonchev–Trinajstić information content (AvgIpc) is 2.43. The SMILES string of the molecule is CCNC(=S)OC[C@H]1COC(C)(C)O1. The zero-order valence-electron chi connectivity index (χ0n) is 8.83. The molecule has 1 rings (SSSR count). The lowest BCUT2D eigenvalue weighted by Crippen LogP contribution is -2.29. The summed E-state index contributed by atoms with van der Waals surface area (Å²) < 4.78 is 16.2. The van der Waals surface area contributed by atoms with Gasteiger partial charge in [-0.1, -0.05) is 0 Å². The molecule has 1 heterocycles. The number of nitrogens with one attached hydrogen (secondary N) is 1. The predicted octanol–water partition coefficient (Wildman–Crippen LogP) is 1.05. The molecule has 0 bridgehead atoms. The second-order valence-corrected chi connectivity index (χ2v) is 3.95. The van der Waals surface area contributed by atoms with Gasteiger partial charge in [0.05, 0.1) is 6.61 Å². The molecule has 0 unspecified atom stereocenters. The van der Waals surface area contributed by atoms with Crippen LogP contribution in [0.15, 0.2) is 0 Å². The molecule has 82 valence electrons. The molecular formula is C9H17NO3S. The highest BCUT2D eigenvalue weighted by molar-refractivity contribution is 7.80. The van der Waals surface area contributed by atoms with Crippen molar-refractivity contribution in [3.63, 3.8) is 0 Å². The summed E-state index contributed by atoms with van der Waals surface area (Å²) in [6, 6.07) is 0. The van der Waals surface area contributed by atoms with E-state index < -0.39 is 5.79 Å². The summed E-state index contributed by atoms with van der Waals surface area (Å²) in [5, 5.41) is 3.32. The van der Waals surface area contributed by atoms with Crippen LogP contribution in [0.25, 0.3) is 0 Å². The third-order valence-corrected chi connectivity index (χ3v) is 2.05. The smallest absolute Gasteiger partial charge is 0.256 e. The molecule has 14 heavy (non-hydrogen) atoms. The third kappa shape index (κ3) is 3.77. The Balaban J connectivity index is 2.17. The van der Waals surface area contributed by atoms with Crippen molar-refractivity contribution < 1.29 is 14.2 Å². The molecular weight excluding hydrogens is 202 g/mol. The molecule has 0 radical (unpaired) electrons. The maximum absolute atomic E-state index is 5.54. The summed E-state index contributed by atoms with van der Waals surface area (Å²) in [7, 11) is 0. The Labute approximate surface area is 89.9 Å². The topological polar surface area (TPSA) is 39.7 Å². The molecule has 0 aromatic heterocycles. The van der Waals surface area contributed by atoms with Gasteiger partial charge in [-0.15, -0.1) is 0 Å². The molecule has 0 aliphatic carbocycles. The lowest BCUT2D eigenvalue weighted by atomic mass is 10.4. The molecule has 0 spiro atoms. The summed E-state index contributed by atoms with van der Waals surface area (Å²) in [5.74, 6) is -0.492. The molecule has 1 atom stereocenters. The minimum absolute atomic E-state index is 0.0263. The van der Waals surface area contributed by atoms with Crippen molar-refractivity contribution in [3.8, 4) is 0 Å². The van der Waals surface area contributed by atoms with Gasteiger partial charge in [-0.25, -0.2) is 0 Å². The second-order valence-electron chi connectivity index (χ2n) is 3.58. The van der Waals surface area contributed by atoms with Crippen molar-refractivity contribution in [2.75, 3.05) is 19.8 Å². The lowest BCUT2D eigenvalue weighted by molar-refractivity contribution is -0.141. The first-order chi connectivity index (χ1) is 6.53. The summed E-state index contributed by atoms with van der Waals surface area (Å²) in [5.41, 5.74) is 0. The fraction of sp³-hybridized carbons (Fsp3) is 0.889. The van der Waals surface area contributed by atoms with E-state index in [2.05, 4.69) is 5.32 Å². The van der Waals surface area contributed by atoms with Crippen LogP contribution in [0.4, 0.5) is 0 Å². The maximum atomic E-state index is 5.54. The summed E-state index contributed by atoms with van der Waals surface area (Å²) >= 11 is 4.92. The molecule has 4 nitrogen and oxygen atoms in total. The molecule has 1 saturated heterocycles. The number of thiocarbonyl (C=S) groups is 1. The van der Waals surface area contributed by atoms with Gasteiger partial charge in [-0.3, -0.25) is 0 Å². The molecule has 1 aliphatic heterocycles. The third-order valence-electron chi connectivity index (χ3n) is 1.79. The van der Waals surface area contributed by atoms with Crippen molar-refractivity contribution in [3.05, 3.63) is 0 Å². The molecule has 0 saturated carbocycles. The second kappa shape index (κ2) is 4.91.